The normalized spacial score (nSPS) is 29.8. The molecule has 0 spiro atoms. The van der Waals surface area contributed by atoms with Crippen molar-refractivity contribution in [2.24, 2.45) is 23.7 Å². The molecule has 0 aromatic carbocycles. The number of anilines is 1. The Kier molecular flexibility index (Phi) is 4.52. The zero-order chi connectivity index (χ0) is 16.5. The van der Waals surface area contributed by atoms with E-state index in [2.05, 4.69) is 15.5 Å². The number of aromatic nitrogens is 2. The van der Waals surface area contributed by atoms with Crippen molar-refractivity contribution < 1.29 is 9.59 Å². The lowest BCUT2D eigenvalue weighted by Gasteiger charge is -2.32. The minimum Gasteiger partial charge on any atom is -0.343 e. The predicted molar refractivity (Wildman–Crippen MR) is 91.4 cm³/mol. The summed E-state index contributed by atoms with van der Waals surface area (Å²) in [7, 11) is 0. The van der Waals surface area contributed by atoms with Crippen molar-refractivity contribution in [3.63, 3.8) is 0 Å². The SMILES string of the molecule is O=C(Nc1nncs1)C1CCN(C(=O)CC2CC3CCC2C3)CC1. The number of rotatable bonds is 4. The second kappa shape index (κ2) is 6.78. The highest BCUT2D eigenvalue weighted by Crippen LogP contribution is 2.49. The van der Waals surface area contributed by atoms with Gasteiger partial charge >= 0.3 is 0 Å². The Bertz CT molecular complexity index is 598. The fraction of sp³-hybridized carbons (Fsp3) is 0.765. The van der Waals surface area contributed by atoms with Crippen LogP contribution in [0.1, 0.15) is 44.9 Å². The molecule has 2 saturated carbocycles. The summed E-state index contributed by atoms with van der Waals surface area (Å²) in [6, 6.07) is 0. The highest BCUT2D eigenvalue weighted by molar-refractivity contribution is 7.13. The van der Waals surface area contributed by atoms with E-state index >= 15 is 0 Å². The Morgan fingerprint density at radius 2 is 2.04 bits per heavy atom. The van der Waals surface area contributed by atoms with Gasteiger partial charge in [0.2, 0.25) is 16.9 Å². The first-order valence-electron chi connectivity index (χ1n) is 9.04. The molecule has 3 fully saturated rings. The third kappa shape index (κ3) is 3.31. The Labute approximate surface area is 146 Å². The second-order valence-electron chi connectivity index (χ2n) is 7.53. The van der Waals surface area contributed by atoms with Crippen molar-refractivity contribution in [1.29, 1.82) is 0 Å². The molecule has 7 heteroatoms. The third-order valence-electron chi connectivity index (χ3n) is 6.13. The number of carbonyl (C=O) groups is 2. The number of hydrogen-bond acceptors (Lipinski definition) is 5. The van der Waals surface area contributed by atoms with Crippen molar-refractivity contribution >= 4 is 28.3 Å². The van der Waals surface area contributed by atoms with E-state index < -0.39 is 0 Å². The van der Waals surface area contributed by atoms with Crippen LogP contribution in [0, 0.1) is 23.7 Å². The van der Waals surface area contributed by atoms with E-state index in [0.29, 0.717) is 30.0 Å². The van der Waals surface area contributed by atoms with Crippen molar-refractivity contribution in [2.75, 3.05) is 18.4 Å². The number of carbonyl (C=O) groups excluding carboxylic acids is 2. The average Bonchev–Trinajstić information content (AvgIpc) is 3.33. The molecule has 2 aliphatic carbocycles. The molecule has 3 unspecified atom stereocenters. The Morgan fingerprint density at radius 1 is 1.21 bits per heavy atom. The summed E-state index contributed by atoms with van der Waals surface area (Å²) in [5.74, 6) is 2.59. The highest BCUT2D eigenvalue weighted by atomic mass is 32.1. The molecular weight excluding hydrogens is 324 g/mol. The summed E-state index contributed by atoms with van der Waals surface area (Å²) in [6.45, 7) is 1.40. The van der Waals surface area contributed by atoms with Crippen molar-refractivity contribution in [2.45, 2.75) is 44.9 Å². The van der Waals surface area contributed by atoms with E-state index in [0.717, 1.165) is 31.1 Å². The van der Waals surface area contributed by atoms with Gasteiger partial charge < -0.3 is 10.2 Å². The van der Waals surface area contributed by atoms with E-state index in [1.807, 2.05) is 4.90 Å². The first-order chi connectivity index (χ1) is 11.7. The van der Waals surface area contributed by atoms with Crippen LogP contribution in [-0.2, 0) is 9.59 Å². The monoisotopic (exact) mass is 348 g/mol. The second-order valence-corrected chi connectivity index (χ2v) is 8.36. The third-order valence-corrected chi connectivity index (χ3v) is 6.74. The van der Waals surface area contributed by atoms with Crippen LogP contribution in [0.3, 0.4) is 0 Å². The summed E-state index contributed by atoms with van der Waals surface area (Å²) in [6.07, 6.45) is 7.53. The molecule has 24 heavy (non-hydrogen) atoms. The van der Waals surface area contributed by atoms with Gasteiger partial charge in [-0.15, -0.1) is 10.2 Å². The van der Waals surface area contributed by atoms with Gasteiger partial charge in [0.25, 0.3) is 0 Å². The Hall–Kier alpha value is -1.50. The zero-order valence-corrected chi connectivity index (χ0v) is 14.6. The van der Waals surface area contributed by atoms with Gasteiger partial charge in [-0.05, 0) is 49.9 Å². The maximum atomic E-state index is 12.6. The standard InChI is InChI=1S/C17H24N4O2S/c22-15(9-14-8-11-1-2-13(14)7-11)21-5-3-12(4-6-21)16(23)19-17-20-18-10-24-17/h10-14H,1-9H2,(H,19,20,23). The molecule has 1 saturated heterocycles. The van der Waals surface area contributed by atoms with Crippen LogP contribution in [0.5, 0.6) is 0 Å². The van der Waals surface area contributed by atoms with Gasteiger partial charge in [0.15, 0.2) is 0 Å². The number of piperidine rings is 1. The average molecular weight is 348 g/mol. The maximum absolute atomic E-state index is 12.6. The highest BCUT2D eigenvalue weighted by Gasteiger charge is 2.41. The van der Waals surface area contributed by atoms with Crippen LogP contribution in [0.4, 0.5) is 5.13 Å². The lowest BCUT2D eigenvalue weighted by atomic mass is 9.85. The van der Waals surface area contributed by atoms with E-state index in [1.165, 1.54) is 37.0 Å². The molecule has 3 aliphatic rings. The topological polar surface area (TPSA) is 75.2 Å². The number of hydrogen-bond donors (Lipinski definition) is 1. The predicted octanol–water partition coefficient (Wildman–Crippen LogP) is 2.54. The van der Waals surface area contributed by atoms with Gasteiger partial charge in [0.1, 0.15) is 5.51 Å². The van der Waals surface area contributed by atoms with Crippen LogP contribution in [0.15, 0.2) is 5.51 Å². The van der Waals surface area contributed by atoms with E-state index in [1.54, 1.807) is 5.51 Å². The lowest BCUT2D eigenvalue weighted by molar-refractivity contribution is -0.135. The van der Waals surface area contributed by atoms with Crippen molar-refractivity contribution in [3.05, 3.63) is 5.51 Å². The number of likely N-dealkylation sites (tertiary alicyclic amines) is 1. The molecule has 1 aromatic heterocycles. The van der Waals surface area contributed by atoms with Gasteiger partial charge in [-0.25, -0.2) is 0 Å². The number of nitrogens with zero attached hydrogens (tertiary/aromatic N) is 3. The van der Waals surface area contributed by atoms with Gasteiger partial charge in [-0.2, -0.15) is 0 Å². The molecular formula is C17H24N4O2S. The first-order valence-corrected chi connectivity index (χ1v) is 9.92. The minimum atomic E-state index is -0.0274. The van der Waals surface area contributed by atoms with E-state index in [-0.39, 0.29) is 11.8 Å². The zero-order valence-electron chi connectivity index (χ0n) is 13.8. The van der Waals surface area contributed by atoms with Gasteiger partial charge in [0, 0.05) is 25.4 Å². The molecule has 0 radical (unpaired) electrons. The maximum Gasteiger partial charge on any atom is 0.229 e. The van der Waals surface area contributed by atoms with Crippen LogP contribution < -0.4 is 5.32 Å². The number of amides is 2. The fourth-order valence-corrected chi connectivity index (χ4v) is 5.25. The molecule has 2 bridgehead atoms. The molecule has 130 valence electrons. The van der Waals surface area contributed by atoms with Crippen LogP contribution in [0.25, 0.3) is 0 Å². The molecule has 2 heterocycles. The summed E-state index contributed by atoms with van der Waals surface area (Å²) < 4.78 is 0. The molecule has 6 nitrogen and oxygen atoms in total. The smallest absolute Gasteiger partial charge is 0.229 e. The summed E-state index contributed by atoms with van der Waals surface area (Å²) >= 11 is 1.33. The van der Waals surface area contributed by atoms with Crippen molar-refractivity contribution in [1.82, 2.24) is 15.1 Å². The van der Waals surface area contributed by atoms with Crippen LogP contribution >= 0.6 is 11.3 Å². The summed E-state index contributed by atoms with van der Waals surface area (Å²) in [5.41, 5.74) is 1.60. The van der Waals surface area contributed by atoms with Gasteiger partial charge in [-0.3, -0.25) is 9.59 Å². The Balaban J connectivity index is 1.23. The molecule has 4 rings (SSSR count). The molecule has 1 aliphatic heterocycles. The molecule has 1 N–H and O–H groups in total. The largest absolute Gasteiger partial charge is 0.343 e. The van der Waals surface area contributed by atoms with Crippen molar-refractivity contribution in [3.8, 4) is 0 Å². The summed E-state index contributed by atoms with van der Waals surface area (Å²) in [5, 5.41) is 10.9. The van der Waals surface area contributed by atoms with Crippen LogP contribution in [0.2, 0.25) is 0 Å². The Morgan fingerprint density at radius 3 is 2.67 bits per heavy atom. The fourth-order valence-electron chi connectivity index (χ4n) is 4.81. The van der Waals surface area contributed by atoms with Gasteiger partial charge in [-0.1, -0.05) is 17.8 Å². The number of fused-ring (bicyclic) bond motifs is 2. The molecule has 1 aromatic rings. The van der Waals surface area contributed by atoms with Crippen LogP contribution in [-0.4, -0.2) is 40.0 Å². The summed E-state index contributed by atoms with van der Waals surface area (Å²) in [4.78, 5) is 26.8. The minimum absolute atomic E-state index is 0.00644. The van der Waals surface area contributed by atoms with E-state index in [4.69, 9.17) is 0 Å². The van der Waals surface area contributed by atoms with Gasteiger partial charge in [0.05, 0.1) is 0 Å². The van der Waals surface area contributed by atoms with E-state index in [9.17, 15) is 9.59 Å². The number of nitrogens with one attached hydrogen (secondary N) is 1. The quantitative estimate of drug-likeness (QED) is 0.907. The first kappa shape index (κ1) is 16.0. The lowest BCUT2D eigenvalue weighted by Crippen LogP contribution is -2.42. The molecule has 3 atom stereocenters. The molecule has 2 amide bonds.